The molecule has 0 aromatic heterocycles. The number of hydrogen-bond donors (Lipinski definition) is 0. The predicted octanol–water partition coefficient (Wildman–Crippen LogP) is 1.08. The highest BCUT2D eigenvalue weighted by Gasteiger charge is 2.07. The van der Waals surface area contributed by atoms with E-state index in [-0.39, 0.29) is 4.90 Å². The van der Waals surface area contributed by atoms with Gasteiger partial charge in [0.1, 0.15) is 0 Å². The molecule has 0 unspecified atom stereocenters. The highest BCUT2D eigenvalue weighted by molar-refractivity contribution is 7.90. The molecule has 1 rings (SSSR count). The van der Waals surface area contributed by atoms with Gasteiger partial charge < -0.3 is 0 Å². The van der Waals surface area contributed by atoms with E-state index in [1.54, 1.807) is 18.2 Å². The van der Waals surface area contributed by atoms with Crippen molar-refractivity contribution in [3.05, 3.63) is 30.3 Å². The van der Waals surface area contributed by atoms with Crippen molar-refractivity contribution in [1.29, 1.82) is 0 Å². The molecule has 0 aliphatic heterocycles. The minimum atomic E-state index is -3.48. The van der Waals surface area contributed by atoms with Crippen LogP contribution in [0.2, 0.25) is 0 Å². The van der Waals surface area contributed by atoms with E-state index in [0.717, 1.165) is 0 Å². The van der Waals surface area contributed by atoms with E-state index in [9.17, 15) is 8.42 Å². The van der Waals surface area contributed by atoms with Crippen LogP contribution in [-0.4, -0.2) is 15.1 Å². The SMILES string of the molecule is C=NS(=O)(=O)c1ccccc1. The average molecular weight is 169 g/mol. The zero-order valence-electron chi connectivity index (χ0n) is 5.77. The van der Waals surface area contributed by atoms with Crippen LogP contribution in [0.15, 0.2) is 39.6 Å². The first-order valence-corrected chi connectivity index (χ1v) is 4.39. The first-order chi connectivity index (χ1) is 5.17. The summed E-state index contributed by atoms with van der Waals surface area (Å²) in [6, 6.07) is 7.96. The summed E-state index contributed by atoms with van der Waals surface area (Å²) in [6.07, 6.45) is 0. The molecule has 0 radical (unpaired) electrons. The molecular weight excluding hydrogens is 162 g/mol. The van der Waals surface area contributed by atoms with Crippen LogP contribution in [0.4, 0.5) is 0 Å². The molecule has 0 atom stereocenters. The van der Waals surface area contributed by atoms with E-state index in [1.807, 2.05) is 0 Å². The highest BCUT2D eigenvalue weighted by Crippen LogP contribution is 2.09. The Hall–Kier alpha value is -1.16. The lowest BCUT2D eigenvalue weighted by molar-refractivity contribution is 0.598. The summed E-state index contributed by atoms with van der Waals surface area (Å²) in [5.41, 5.74) is 0. The van der Waals surface area contributed by atoms with Gasteiger partial charge in [0.2, 0.25) is 0 Å². The molecule has 0 fully saturated rings. The third kappa shape index (κ3) is 1.65. The maximum absolute atomic E-state index is 11.0. The molecule has 0 aliphatic rings. The second kappa shape index (κ2) is 2.84. The summed E-state index contributed by atoms with van der Waals surface area (Å²) >= 11 is 0. The van der Waals surface area contributed by atoms with E-state index in [1.165, 1.54) is 12.1 Å². The molecule has 4 heteroatoms. The van der Waals surface area contributed by atoms with Crippen molar-refractivity contribution in [3.8, 4) is 0 Å². The van der Waals surface area contributed by atoms with Crippen LogP contribution in [0, 0.1) is 0 Å². The second-order valence-corrected chi connectivity index (χ2v) is 3.60. The Bertz CT molecular complexity index is 342. The lowest BCUT2D eigenvalue weighted by Crippen LogP contribution is -1.94. The molecule has 0 heterocycles. The first kappa shape index (κ1) is 7.94. The number of benzene rings is 1. The minimum absolute atomic E-state index is 0.176. The van der Waals surface area contributed by atoms with Crippen LogP contribution in [-0.2, 0) is 10.0 Å². The van der Waals surface area contributed by atoms with Gasteiger partial charge in [-0.15, -0.1) is 0 Å². The Kier molecular flexibility index (Phi) is 2.05. The summed E-state index contributed by atoms with van der Waals surface area (Å²) in [6.45, 7) is 2.97. The molecule has 0 aliphatic carbocycles. The van der Waals surface area contributed by atoms with Gasteiger partial charge in [0.15, 0.2) is 0 Å². The molecule has 0 amide bonds. The summed E-state index contributed by atoms with van der Waals surface area (Å²) in [7, 11) is -3.48. The van der Waals surface area contributed by atoms with Crippen molar-refractivity contribution in [2.75, 3.05) is 0 Å². The van der Waals surface area contributed by atoms with E-state index in [2.05, 4.69) is 11.1 Å². The Morgan fingerprint density at radius 1 is 1.18 bits per heavy atom. The largest absolute Gasteiger partial charge is 0.281 e. The normalized spacial score (nSPS) is 10.9. The number of nitrogens with zero attached hydrogens (tertiary/aromatic N) is 1. The van der Waals surface area contributed by atoms with Crippen LogP contribution >= 0.6 is 0 Å². The Labute approximate surface area is 65.5 Å². The lowest BCUT2D eigenvalue weighted by atomic mass is 10.4. The quantitative estimate of drug-likeness (QED) is 0.622. The molecule has 0 spiro atoms. The van der Waals surface area contributed by atoms with Crippen LogP contribution < -0.4 is 0 Å². The Morgan fingerprint density at radius 3 is 2.18 bits per heavy atom. The zero-order chi connectivity index (χ0) is 8.32. The van der Waals surface area contributed by atoms with E-state index < -0.39 is 10.0 Å². The maximum atomic E-state index is 11.0. The van der Waals surface area contributed by atoms with Crippen LogP contribution in [0.25, 0.3) is 0 Å². The number of rotatable bonds is 2. The third-order valence-corrected chi connectivity index (χ3v) is 2.42. The van der Waals surface area contributed by atoms with Gasteiger partial charge in [-0.25, -0.2) is 0 Å². The van der Waals surface area contributed by atoms with Crippen LogP contribution in [0.3, 0.4) is 0 Å². The van der Waals surface area contributed by atoms with E-state index in [0.29, 0.717) is 0 Å². The van der Waals surface area contributed by atoms with Crippen LogP contribution in [0.1, 0.15) is 0 Å². The van der Waals surface area contributed by atoms with Gasteiger partial charge in [0.25, 0.3) is 10.0 Å². The van der Waals surface area contributed by atoms with Crippen molar-refractivity contribution in [1.82, 2.24) is 0 Å². The molecular formula is C7H7NO2S. The van der Waals surface area contributed by atoms with Gasteiger partial charge in [-0.05, 0) is 12.1 Å². The molecule has 0 saturated heterocycles. The van der Waals surface area contributed by atoms with Crippen molar-refractivity contribution >= 4 is 16.7 Å². The summed E-state index contributed by atoms with van der Waals surface area (Å²) in [5, 5.41) is 0. The predicted molar refractivity (Wildman–Crippen MR) is 43.2 cm³/mol. The zero-order valence-corrected chi connectivity index (χ0v) is 6.58. The fraction of sp³-hybridized carbons (Fsp3) is 0. The molecule has 3 nitrogen and oxygen atoms in total. The molecule has 1 aromatic carbocycles. The fourth-order valence-electron chi connectivity index (χ4n) is 0.667. The third-order valence-electron chi connectivity index (χ3n) is 1.21. The molecule has 11 heavy (non-hydrogen) atoms. The van der Waals surface area contributed by atoms with Gasteiger partial charge in [0, 0.05) is 6.72 Å². The standard InChI is InChI=1S/C7H7NO2S/c1-8-11(9,10)7-5-3-2-4-6-7/h2-6H,1H2. The molecule has 0 bridgehead atoms. The fourth-order valence-corrected chi connectivity index (χ4v) is 1.32. The molecule has 1 aromatic rings. The summed E-state index contributed by atoms with van der Waals surface area (Å²) in [5.74, 6) is 0. The topological polar surface area (TPSA) is 46.5 Å². The van der Waals surface area contributed by atoms with Gasteiger partial charge in [-0.1, -0.05) is 18.2 Å². The minimum Gasteiger partial charge on any atom is -0.199 e. The van der Waals surface area contributed by atoms with Crippen molar-refractivity contribution in [2.24, 2.45) is 4.40 Å². The summed E-state index contributed by atoms with van der Waals surface area (Å²) in [4.78, 5) is 0.176. The monoisotopic (exact) mass is 169 g/mol. The van der Waals surface area contributed by atoms with Gasteiger partial charge >= 0.3 is 0 Å². The molecule has 0 saturated carbocycles. The van der Waals surface area contributed by atoms with E-state index >= 15 is 0 Å². The number of hydrogen-bond acceptors (Lipinski definition) is 2. The average Bonchev–Trinajstić information content (AvgIpc) is 2.06. The van der Waals surface area contributed by atoms with Crippen molar-refractivity contribution < 1.29 is 8.42 Å². The molecule has 0 N–H and O–H groups in total. The number of sulfonamides is 1. The smallest absolute Gasteiger partial charge is 0.199 e. The summed E-state index contributed by atoms with van der Waals surface area (Å²) < 4.78 is 25.0. The first-order valence-electron chi connectivity index (χ1n) is 2.95. The Morgan fingerprint density at radius 2 is 1.73 bits per heavy atom. The van der Waals surface area contributed by atoms with E-state index in [4.69, 9.17) is 0 Å². The second-order valence-electron chi connectivity index (χ2n) is 1.92. The van der Waals surface area contributed by atoms with Gasteiger partial charge in [-0.3, -0.25) is 0 Å². The Balaban J connectivity index is 3.24. The highest BCUT2D eigenvalue weighted by atomic mass is 32.2. The van der Waals surface area contributed by atoms with Gasteiger partial charge in [0.05, 0.1) is 4.90 Å². The van der Waals surface area contributed by atoms with Gasteiger partial charge in [-0.2, -0.15) is 12.8 Å². The molecule has 58 valence electrons. The maximum Gasteiger partial charge on any atom is 0.281 e. The van der Waals surface area contributed by atoms with Crippen molar-refractivity contribution in [2.45, 2.75) is 4.90 Å². The van der Waals surface area contributed by atoms with Crippen LogP contribution in [0.5, 0.6) is 0 Å². The van der Waals surface area contributed by atoms with Crippen molar-refractivity contribution in [3.63, 3.8) is 0 Å². The lowest BCUT2D eigenvalue weighted by Gasteiger charge is -1.94.